The van der Waals surface area contributed by atoms with Crippen molar-refractivity contribution < 1.29 is 19.5 Å². The normalized spacial score (nSPS) is 24.7. The van der Waals surface area contributed by atoms with Crippen LogP contribution in [0.2, 0.25) is 0 Å². The maximum Gasteiger partial charge on any atom is 0.322 e. The van der Waals surface area contributed by atoms with E-state index in [4.69, 9.17) is 9.57 Å². The first-order chi connectivity index (χ1) is 9.10. The van der Waals surface area contributed by atoms with Crippen molar-refractivity contribution in [2.45, 2.75) is 27.2 Å². The first kappa shape index (κ1) is 13.4. The highest BCUT2D eigenvalue weighted by atomic mass is 16.6. The van der Waals surface area contributed by atoms with Crippen LogP contribution in [0.1, 0.15) is 27.2 Å². The molecular formula is C14H17NO4. The molecule has 19 heavy (non-hydrogen) atoms. The number of hydrogen-bond acceptors (Lipinski definition) is 5. The lowest BCUT2D eigenvalue weighted by Crippen LogP contribution is -2.30. The molecule has 0 bridgehead atoms. The Balaban J connectivity index is 2.55. The third kappa shape index (κ3) is 2.28. The number of ether oxygens (including phenoxy) is 1. The van der Waals surface area contributed by atoms with E-state index < -0.39 is 11.9 Å². The smallest absolute Gasteiger partial charge is 0.322 e. The van der Waals surface area contributed by atoms with Gasteiger partial charge in [-0.25, -0.2) is 0 Å². The van der Waals surface area contributed by atoms with Crippen molar-refractivity contribution in [3.8, 4) is 0 Å². The lowest BCUT2D eigenvalue weighted by atomic mass is 9.89. The molecule has 1 unspecified atom stereocenters. The molecule has 1 aliphatic carbocycles. The van der Waals surface area contributed by atoms with E-state index >= 15 is 0 Å². The Kier molecular flexibility index (Phi) is 3.74. The van der Waals surface area contributed by atoms with E-state index in [2.05, 4.69) is 5.16 Å². The van der Waals surface area contributed by atoms with Crippen molar-refractivity contribution in [3.63, 3.8) is 0 Å². The van der Waals surface area contributed by atoms with E-state index in [0.29, 0.717) is 30.1 Å². The van der Waals surface area contributed by atoms with Crippen molar-refractivity contribution in [1.82, 2.24) is 0 Å². The minimum absolute atomic E-state index is 0.0101. The van der Waals surface area contributed by atoms with E-state index in [9.17, 15) is 9.90 Å². The van der Waals surface area contributed by atoms with Crippen LogP contribution in [0.4, 0.5) is 0 Å². The second kappa shape index (κ2) is 5.30. The minimum Gasteiger partial charge on any atom is -0.511 e. The molecule has 0 aromatic rings. The van der Waals surface area contributed by atoms with Gasteiger partial charge in [-0.1, -0.05) is 18.2 Å². The molecule has 0 saturated heterocycles. The molecule has 0 fully saturated rings. The molecule has 2 rings (SSSR count). The zero-order chi connectivity index (χ0) is 14.0. The summed E-state index contributed by atoms with van der Waals surface area (Å²) in [5.41, 5.74) is 1.71. The van der Waals surface area contributed by atoms with Gasteiger partial charge in [0.05, 0.1) is 5.57 Å². The molecule has 5 nitrogen and oxygen atoms in total. The number of carbonyl (C=O) groups excluding carboxylic acids is 1. The van der Waals surface area contributed by atoms with Crippen molar-refractivity contribution in [1.29, 1.82) is 0 Å². The molecule has 102 valence electrons. The van der Waals surface area contributed by atoms with Crippen LogP contribution >= 0.6 is 0 Å². The van der Waals surface area contributed by atoms with Crippen LogP contribution in [0, 0.1) is 5.92 Å². The number of allylic oxidation sites excluding steroid dienone is 4. The van der Waals surface area contributed by atoms with Gasteiger partial charge in [-0.05, 0) is 31.9 Å². The van der Waals surface area contributed by atoms with Gasteiger partial charge in [-0.3, -0.25) is 4.79 Å². The summed E-state index contributed by atoms with van der Waals surface area (Å²) in [6.45, 7) is 5.89. The number of aliphatic hydroxyl groups is 1. The molecule has 0 saturated carbocycles. The Morgan fingerprint density at radius 3 is 2.79 bits per heavy atom. The molecule has 1 heterocycles. The van der Waals surface area contributed by atoms with Crippen LogP contribution < -0.4 is 0 Å². The Labute approximate surface area is 111 Å². The summed E-state index contributed by atoms with van der Waals surface area (Å²) in [7, 11) is 0. The molecule has 0 aromatic heterocycles. The van der Waals surface area contributed by atoms with Crippen molar-refractivity contribution >= 4 is 11.7 Å². The van der Waals surface area contributed by atoms with Crippen LogP contribution in [-0.2, 0) is 14.4 Å². The van der Waals surface area contributed by atoms with Crippen LogP contribution in [0.25, 0.3) is 0 Å². The quantitative estimate of drug-likeness (QED) is 0.627. The van der Waals surface area contributed by atoms with Crippen LogP contribution in [-0.4, -0.2) is 23.4 Å². The van der Waals surface area contributed by atoms with E-state index in [-0.39, 0.29) is 5.76 Å². The summed E-state index contributed by atoms with van der Waals surface area (Å²) < 4.78 is 5.32. The monoisotopic (exact) mass is 263 g/mol. The molecule has 0 amide bonds. The number of nitrogens with zero attached hydrogens (tertiary/aromatic N) is 1. The van der Waals surface area contributed by atoms with Crippen LogP contribution in [0.3, 0.4) is 0 Å². The highest BCUT2D eigenvalue weighted by Crippen LogP contribution is 2.35. The number of rotatable bonds is 3. The Hall–Kier alpha value is -2.04. The number of aliphatic hydroxyl groups excluding tert-OH is 1. The average Bonchev–Trinajstić information content (AvgIpc) is 2.39. The topological polar surface area (TPSA) is 68.1 Å². The van der Waals surface area contributed by atoms with Crippen LogP contribution in [0.15, 0.2) is 40.0 Å². The fourth-order valence-corrected chi connectivity index (χ4v) is 2.08. The van der Waals surface area contributed by atoms with Gasteiger partial charge in [0.15, 0.2) is 0 Å². The first-order valence-corrected chi connectivity index (χ1v) is 6.34. The predicted molar refractivity (Wildman–Crippen MR) is 70.4 cm³/mol. The van der Waals surface area contributed by atoms with Gasteiger partial charge in [0.2, 0.25) is 0 Å². The van der Waals surface area contributed by atoms with E-state index in [1.165, 1.54) is 0 Å². The third-order valence-electron chi connectivity index (χ3n) is 3.11. The molecule has 1 aliphatic heterocycles. The maximum atomic E-state index is 11.8. The first-order valence-electron chi connectivity index (χ1n) is 6.34. The van der Waals surface area contributed by atoms with Gasteiger partial charge in [0, 0.05) is 0 Å². The van der Waals surface area contributed by atoms with Gasteiger partial charge in [-0.15, -0.1) is 0 Å². The Morgan fingerprint density at radius 1 is 1.42 bits per heavy atom. The number of fused-ring (bicyclic) bond motifs is 1. The summed E-state index contributed by atoms with van der Waals surface area (Å²) in [6.07, 6.45) is 4.00. The summed E-state index contributed by atoms with van der Waals surface area (Å²) in [4.78, 5) is 16.8. The van der Waals surface area contributed by atoms with Gasteiger partial charge in [-0.2, -0.15) is 0 Å². The zero-order valence-electron chi connectivity index (χ0n) is 11.3. The molecule has 5 heteroatoms. The highest BCUT2D eigenvalue weighted by Gasteiger charge is 2.37. The van der Waals surface area contributed by atoms with Gasteiger partial charge in [0.25, 0.3) is 0 Å². The molecule has 1 atom stereocenters. The van der Waals surface area contributed by atoms with E-state index in [1.54, 1.807) is 12.2 Å². The fourth-order valence-electron chi connectivity index (χ4n) is 2.08. The van der Waals surface area contributed by atoms with E-state index in [0.717, 1.165) is 5.57 Å². The largest absolute Gasteiger partial charge is 0.511 e. The zero-order valence-corrected chi connectivity index (χ0v) is 11.3. The second-order valence-corrected chi connectivity index (χ2v) is 4.38. The lowest BCUT2D eigenvalue weighted by Gasteiger charge is -2.27. The summed E-state index contributed by atoms with van der Waals surface area (Å²) in [6, 6.07) is 0. The third-order valence-corrected chi connectivity index (χ3v) is 3.11. The molecule has 0 spiro atoms. The standard InChI is InChI=1S/C14H17NO4/c1-4-9-12(16)11-10(15-18-5-2)7-6-8(3)13(11)19-14(9)17/h6-7,9,16H,4-5H2,1-3H3. The molecule has 0 aromatic carbocycles. The summed E-state index contributed by atoms with van der Waals surface area (Å²) >= 11 is 0. The number of esters is 1. The SMILES string of the molecule is CCON=C1C=CC(C)=C2OC(=O)C(CC)C(O)=C12. The molecule has 0 radical (unpaired) electrons. The van der Waals surface area contributed by atoms with Gasteiger partial charge >= 0.3 is 5.97 Å². The molecular weight excluding hydrogens is 246 g/mol. The number of hydrogen-bond donors (Lipinski definition) is 1. The second-order valence-electron chi connectivity index (χ2n) is 4.38. The van der Waals surface area contributed by atoms with Gasteiger partial charge in [0.1, 0.15) is 29.8 Å². The van der Waals surface area contributed by atoms with Crippen molar-refractivity contribution in [2.24, 2.45) is 11.1 Å². The Bertz CT molecular complexity index is 526. The summed E-state index contributed by atoms with van der Waals surface area (Å²) in [5, 5.41) is 14.2. The number of carbonyl (C=O) groups is 1. The maximum absolute atomic E-state index is 11.8. The molecule has 2 aliphatic rings. The van der Waals surface area contributed by atoms with Crippen molar-refractivity contribution in [3.05, 3.63) is 34.8 Å². The lowest BCUT2D eigenvalue weighted by molar-refractivity contribution is -0.144. The minimum atomic E-state index is -0.634. The fraction of sp³-hybridized carbons (Fsp3) is 0.429. The summed E-state index contributed by atoms with van der Waals surface area (Å²) in [5.74, 6) is -0.682. The van der Waals surface area contributed by atoms with E-state index in [1.807, 2.05) is 20.8 Å². The van der Waals surface area contributed by atoms with Crippen molar-refractivity contribution in [2.75, 3.05) is 6.61 Å². The predicted octanol–water partition coefficient (Wildman–Crippen LogP) is 2.62. The van der Waals surface area contributed by atoms with Crippen LogP contribution in [0.5, 0.6) is 0 Å². The van der Waals surface area contributed by atoms with Gasteiger partial charge < -0.3 is 14.7 Å². The Morgan fingerprint density at radius 2 is 2.16 bits per heavy atom. The average molecular weight is 263 g/mol. The highest BCUT2D eigenvalue weighted by molar-refractivity contribution is 6.14. The number of oxime groups is 1. The molecule has 1 N–H and O–H groups in total.